The molecule has 88 valence electrons. The predicted molar refractivity (Wildman–Crippen MR) is 65.0 cm³/mol. The van der Waals surface area contributed by atoms with Crippen molar-refractivity contribution < 1.29 is 9.90 Å². The van der Waals surface area contributed by atoms with Crippen molar-refractivity contribution in [1.29, 1.82) is 0 Å². The monoisotopic (exact) mass is 231 g/mol. The number of aliphatic carboxylic acids is 1. The van der Waals surface area contributed by atoms with Gasteiger partial charge in [0.05, 0.1) is 5.52 Å². The maximum atomic E-state index is 10.8. The number of hydrogen-bond donors (Lipinski definition) is 2. The van der Waals surface area contributed by atoms with E-state index < -0.39 is 12.0 Å². The van der Waals surface area contributed by atoms with Gasteiger partial charge in [-0.15, -0.1) is 0 Å². The maximum Gasteiger partial charge on any atom is 0.325 e. The van der Waals surface area contributed by atoms with E-state index in [-0.39, 0.29) is 0 Å². The van der Waals surface area contributed by atoms with Crippen LogP contribution in [0, 0.1) is 6.92 Å². The number of carbonyl (C=O) groups is 1. The normalized spacial score (nSPS) is 12.4. The van der Waals surface area contributed by atoms with Crippen molar-refractivity contribution in [3.63, 3.8) is 0 Å². The molecule has 2 aromatic rings. The number of aromatic nitrogens is 2. The van der Waals surface area contributed by atoms with Crippen molar-refractivity contribution in [2.24, 2.45) is 0 Å². The fourth-order valence-corrected chi connectivity index (χ4v) is 1.55. The summed E-state index contributed by atoms with van der Waals surface area (Å²) in [5.41, 5.74) is 1.88. The number of rotatable bonds is 3. The molecule has 0 aliphatic carbocycles. The molecule has 5 heteroatoms. The molecule has 0 fully saturated rings. The summed E-state index contributed by atoms with van der Waals surface area (Å²) in [6.45, 7) is 3.54. The second kappa shape index (κ2) is 4.37. The van der Waals surface area contributed by atoms with Crippen LogP contribution in [0.1, 0.15) is 12.5 Å². The molecule has 1 atom stereocenters. The molecule has 0 unspecified atom stereocenters. The van der Waals surface area contributed by atoms with Crippen LogP contribution in [-0.4, -0.2) is 27.1 Å². The van der Waals surface area contributed by atoms with Crippen molar-refractivity contribution in [3.05, 3.63) is 30.1 Å². The lowest BCUT2D eigenvalue weighted by Gasteiger charge is -2.11. The van der Waals surface area contributed by atoms with E-state index in [0.717, 1.165) is 16.5 Å². The summed E-state index contributed by atoms with van der Waals surface area (Å²) in [6.07, 6.45) is 1.43. The summed E-state index contributed by atoms with van der Waals surface area (Å²) in [5.74, 6) is -0.363. The van der Waals surface area contributed by atoms with E-state index in [1.165, 1.54) is 6.33 Å². The van der Waals surface area contributed by atoms with Gasteiger partial charge in [0, 0.05) is 5.39 Å². The molecular formula is C12H13N3O2. The Morgan fingerprint density at radius 1 is 1.41 bits per heavy atom. The Bertz CT molecular complexity index is 569. The van der Waals surface area contributed by atoms with Crippen molar-refractivity contribution in [1.82, 2.24) is 9.97 Å². The molecule has 1 aromatic heterocycles. The number of nitrogens with one attached hydrogen (secondary N) is 1. The first-order valence-electron chi connectivity index (χ1n) is 5.28. The van der Waals surface area contributed by atoms with Gasteiger partial charge in [-0.05, 0) is 26.0 Å². The van der Waals surface area contributed by atoms with Crippen LogP contribution in [0.15, 0.2) is 24.5 Å². The number of benzene rings is 1. The zero-order valence-corrected chi connectivity index (χ0v) is 9.64. The van der Waals surface area contributed by atoms with Gasteiger partial charge in [0.25, 0.3) is 0 Å². The van der Waals surface area contributed by atoms with Gasteiger partial charge >= 0.3 is 5.97 Å². The van der Waals surface area contributed by atoms with E-state index >= 15 is 0 Å². The SMILES string of the molecule is Cc1ccc2ncnc(N[C@H](C)C(=O)O)c2c1. The molecule has 0 amide bonds. The van der Waals surface area contributed by atoms with Gasteiger partial charge in [-0.2, -0.15) is 0 Å². The largest absolute Gasteiger partial charge is 0.480 e. The third-order valence-electron chi connectivity index (χ3n) is 2.51. The number of hydrogen-bond acceptors (Lipinski definition) is 4. The fraction of sp³-hybridized carbons (Fsp3) is 0.250. The molecule has 17 heavy (non-hydrogen) atoms. The van der Waals surface area contributed by atoms with Crippen LogP contribution in [0.3, 0.4) is 0 Å². The van der Waals surface area contributed by atoms with Crippen LogP contribution >= 0.6 is 0 Å². The third kappa shape index (κ3) is 2.33. The minimum atomic E-state index is -0.913. The number of nitrogens with zero attached hydrogens (tertiary/aromatic N) is 2. The molecule has 0 spiro atoms. The van der Waals surface area contributed by atoms with Gasteiger partial charge in [0.2, 0.25) is 0 Å². The highest BCUT2D eigenvalue weighted by Gasteiger charge is 2.12. The predicted octanol–water partition coefficient (Wildman–Crippen LogP) is 1.82. The van der Waals surface area contributed by atoms with Gasteiger partial charge in [-0.25, -0.2) is 9.97 Å². The standard InChI is InChI=1S/C12H13N3O2/c1-7-3-4-10-9(5-7)11(14-6-13-10)15-8(2)12(16)17/h3-6,8H,1-2H3,(H,16,17)(H,13,14,15)/t8-/m1/s1. The van der Waals surface area contributed by atoms with E-state index in [1.54, 1.807) is 6.92 Å². The highest BCUT2D eigenvalue weighted by Crippen LogP contribution is 2.20. The van der Waals surface area contributed by atoms with Crippen LogP contribution in [0.4, 0.5) is 5.82 Å². The first kappa shape index (κ1) is 11.3. The molecule has 2 N–H and O–H groups in total. The summed E-state index contributed by atoms with van der Waals surface area (Å²) in [5, 5.41) is 12.6. The Morgan fingerprint density at radius 2 is 2.18 bits per heavy atom. The lowest BCUT2D eigenvalue weighted by atomic mass is 10.1. The second-order valence-electron chi connectivity index (χ2n) is 3.95. The van der Waals surface area contributed by atoms with Gasteiger partial charge in [-0.3, -0.25) is 4.79 Å². The number of carboxylic acid groups (broad SMARTS) is 1. The van der Waals surface area contributed by atoms with Crippen LogP contribution < -0.4 is 5.32 Å². The highest BCUT2D eigenvalue weighted by atomic mass is 16.4. The molecule has 0 radical (unpaired) electrons. The Balaban J connectivity index is 2.46. The Hall–Kier alpha value is -2.17. The highest BCUT2D eigenvalue weighted by molar-refractivity contribution is 5.91. The van der Waals surface area contributed by atoms with Crippen molar-refractivity contribution in [3.8, 4) is 0 Å². The molecule has 1 heterocycles. The lowest BCUT2D eigenvalue weighted by Crippen LogP contribution is -2.26. The zero-order chi connectivity index (χ0) is 12.4. The summed E-state index contributed by atoms with van der Waals surface area (Å²) in [4.78, 5) is 19.0. The maximum absolute atomic E-state index is 10.8. The van der Waals surface area contributed by atoms with E-state index in [1.807, 2.05) is 25.1 Å². The molecule has 2 rings (SSSR count). The molecule has 0 saturated heterocycles. The number of carboxylic acids is 1. The van der Waals surface area contributed by atoms with Crippen molar-refractivity contribution in [2.75, 3.05) is 5.32 Å². The molecular weight excluding hydrogens is 218 g/mol. The molecule has 0 aliphatic rings. The lowest BCUT2D eigenvalue weighted by molar-refractivity contribution is -0.137. The van der Waals surface area contributed by atoms with Gasteiger partial charge in [-0.1, -0.05) is 11.6 Å². The van der Waals surface area contributed by atoms with Crippen molar-refractivity contribution in [2.45, 2.75) is 19.9 Å². The van der Waals surface area contributed by atoms with Gasteiger partial charge in [0.1, 0.15) is 18.2 Å². The molecule has 0 bridgehead atoms. The third-order valence-corrected chi connectivity index (χ3v) is 2.51. The molecule has 0 saturated carbocycles. The average Bonchev–Trinajstić information content (AvgIpc) is 2.29. The van der Waals surface area contributed by atoms with Crippen LogP contribution in [-0.2, 0) is 4.79 Å². The van der Waals surface area contributed by atoms with Crippen LogP contribution in [0.5, 0.6) is 0 Å². The zero-order valence-electron chi connectivity index (χ0n) is 9.64. The summed E-state index contributed by atoms with van der Waals surface area (Å²) in [7, 11) is 0. The topological polar surface area (TPSA) is 75.1 Å². The minimum Gasteiger partial charge on any atom is -0.480 e. The van der Waals surface area contributed by atoms with Gasteiger partial charge < -0.3 is 10.4 Å². The number of anilines is 1. The summed E-state index contributed by atoms with van der Waals surface area (Å²) < 4.78 is 0. The molecule has 0 aliphatic heterocycles. The average molecular weight is 231 g/mol. The molecule has 5 nitrogen and oxygen atoms in total. The Kier molecular flexibility index (Phi) is 2.91. The summed E-state index contributed by atoms with van der Waals surface area (Å²) in [6, 6.07) is 5.10. The summed E-state index contributed by atoms with van der Waals surface area (Å²) >= 11 is 0. The van der Waals surface area contributed by atoms with E-state index in [9.17, 15) is 4.79 Å². The van der Waals surface area contributed by atoms with E-state index in [4.69, 9.17) is 5.11 Å². The Labute approximate surface area is 98.5 Å². The van der Waals surface area contributed by atoms with Crippen LogP contribution in [0.2, 0.25) is 0 Å². The smallest absolute Gasteiger partial charge is 0.325 e. The first-order valence-corrected chi connectivity index (χ1v) is 5.28. The Morgan fingerprint density at radius 3 is 2.88 bits per heavy atom. The van der Waals surface area contributed by atoms with Crippen molar-refractivity contribution >= 4 is 22.7 Å². The van der Waals surface area contributed by atoms with E-state index in [2.05, 4.69) is 15.3 Å². The first-order chi connectivity index (χ1) is 8.08. The fourth-order valence-electron chi connectivity index (χ4n) is 1.55. The quantitative estimate of drug-likeness (QED) is 0.842. The van der Waals surface area contributed by atoms with E-state index in [0.29, 0.717) is 5.82 Å². The molecule has 1 aromatic carbocycles. The van der Waals surface area contributed by atoms with Gasteiger partial charge in [0.15, 0.2) is 0 Å². The number of aryl methyl sites for hydroxylation is 1. The second-order valence-corrected chi connectivity index (χ2v) is 3.95. The minimum absolute atomic E-state index is 0.550. The van der Waals surface area contributed by atoms with Crippen LogP contribution in [0.25, 0.3) is 10.9 Å². The number of fused-ring (bicyclic) bond motifs is 1.